The van der Waals surface area contributed by atoms with Gasteiger partial charge in [0.2, 0.25) is 0 Å². The molecule has 0 amide bonds. The van der Waals surface area contributed by atoms with Crippen LogP contribution in [0, 0.1) is 0 Å². The topological polar surface area (TPSA) is 72.8 Å². The Morgan fingerprint density at radius 1 is 1.80 bits per heavy atom. The van der Waals surface area contributed by atoms with Crippen LogP contribution in [0.1, 0.15) is 6.42 Å². The van der Waals surface area contributed by atoms with Crippen LogP contribution in [0.15, 0.2) is 0 Å². The Kier molecular flexibility index (Phi) is 1.86. The summed E-state index contributed by atoms with van der Waals surface area (Å²) >= 11 is 0. The summed E-state index contributed by atoms with van der Waals surface area (Å²) in [4.78, 5) is 20.5. The highest BCUT2D eigenvalue weighted by Crippen LogP contribution is 2.08. The van der Waals surface area contributed by atoms with Crippen molar-refractivity contribution in [3.63, 3.8) is 0 Å². The second-order valence-electron chi connectivity index (χ2n) is 1.83. The van der Waals surface area contributed by atoms with Crippen molar-refractivity contribution >= 4 is 11.9 Å². The monoisotopic (exact) mass is 146 g/mol. The number of carbonyl (C=O) groups excluding carboxylic acids is 1. The molecule has 1 rings (SSSR count). The summed E-state index contributed by atoms with van der Waals surface area (Å²) in [5, 5.41) is 8.20. The molecule has 1 atom stereocenters. The van der Waals surface area contributed by atoms with Gasteiger partial charge in [0.25, 0.3) is 0 Å². The molecule has 0 saturated carbocycles. The van der Waals surface area contributed by atoms with E-state index in [-0.39, 0.29) is 13.2 Å². The highest BCUT2D eigenvalue weighted by molar-refractivity contribution is 5.81. The molecule has 1 aliphatic rings. The summed E-state index contributed by atoms with van der Waals surface area (Å²) in [5.74, 6) is -1.66. The fourth-order valence-electron chi connectivity index (χ4n) is 0.636. The predicted molar refractivity (Wildman–Crippen MR) is 28.1 cm³/mol. The first-order chi connectivity index (χ1) is 4.70. The van der Waals surface area contributed by atoms with E-state index in [1.54, 1.807) is 0 Å². The zero-order valence-corrected chi connectivity index (χ0v) is 5.07. The molecule has 0 aromatic rings. The average Bonchev–Trinajstić information content (AvgIpc) is 2.15. The number of hydrogen-bond donors (Lipinski definition) is 1. The van der Waals surface area contributed by atoms with Gasteiger partial charge in [-0.2, -0.15) is 0 Å². The van der Waals surface area contributed by atoms with E-state index in [9.17, 15) is 9.59 Å². The molecule has 10 heavy (non-hydrogen) atoms. The van der Waals surface area contributed by atoms with Gasteiger partial charge in [-0.25, -0.2) is 4.79 Å². The summed E-state index contributed by atoms with van der Waals surface area (Å²) in [5.41, 5.74) is 0. The lowest BCUT2D eigenvalue weighted by atomic mass is 10.3. The van der Waals surface area contributed by atoms with Crippen LogP contribution in [0.25, 0.3) is 0 Å². The third kappa shape index (κ3) is 1.44. The van der Waals surface area contributed by atoms with Gasteiger partial charge in [0.15, 0.2) is 12.9 Å². The van der Waals surface area contributed by atoms with Gasteiger partial charge in [0.1, 0.15) is 0 Å². The molecule has 0 spiro atoms. The van der Waals surface area contributed by atoms with E-state index in [0.29, 0.717) is 0 Å². The zero-order chi connectivity index (χ0) is 7.56. The van der Waals surface area contributed by atoms with Gasteiger partial charge < -0.3 is 14.6 Å². The zero-order valence-electron chi connectivity index (χ0n) is 5.07. The molecule has 1 N–H and O–H groups in total. The number of hydrogen-bond acceptors (Lipinski definition) is 4. The normalized spacial score (nSPS) is 24.4. The SMILES string of the molecule is O=C(O)CC1OCOC1=O. The molecule has 1 saturated heterocycles. The standard InChI is InChI=1S/C5H6O5/c6-4(7)1-3-5(8)10-2-9-3/h3H,1-2H2,(H,6,7). The number of ether oxygens (including phenoxy) is 2. The lowest BCUT2D eigenvalue weighted by molar-refractivity contribution is -0.145. The van der Waals surface area contributed by atoms with Crippen molar-refractivity contribution < 1.29 is 24.2 Å². The molecule has 5 heteroatoms. The largest absolute Gasteiger partial charge is 0.481 e. The maximum absolute atomic E-state index is 10.5. The Bertz CT molecular complexity index is 163. The van der Waals surface area contributed by atoms with Crippen molar-refractivity contribution in [2.45, 2.75) is 12.5 Å². The summed E-state index contributed by atoms with van der Waals surface area (Å²) in [6.45, 7) is -0.128. The van der Waals surface area contributed by atoms with E-state index < -0.39 is 18.0 Å². The van der Waals surface area contributed by atoms with Crippen LogP contribution < -0.4 is 0 Å². The number of carboxylic acid groups (broad SMARTS) is 1. The van der Waals surface area contributed by atoms with E-state index in [1.165, 1.54) is 0 Å². The van der Waals surface area contributed by atoms with Gasteiger partial charge in [-0.3, -0.25) is 4.79 Å². The van der Waals surface area contributed by atoms with E-state index in [0.717, 1.165) is 0 Å². The molecule has 0 aromatic carbocycles. The lowest BCUT2D eigenvalue weighted by Crippen LogP contribution is -2.19. The Morgan fingerprint density at radius 2 is 2.50 bits per heavy atom. The van der Waals surface area contributed by atoms with Crippen molar-refractivity contribution in [1.82, 2.24) is 0 Å². The number of aliphatic carboxylic acids is 1. The minimum absolute atomic E-state index is 0.128. The van der Waals surface area contributed by atoms with Gasteiger partial charge in [0.05, 0.1) is 6.42 Å². The van der Waals surface area contributed by atoms with Gasteiger partial charge in [-0.05, 0) is 0 Å². The van der Waals surface area contributed by atoms with Crippen molar-refractivity contribution in [2.75, 3.05) is 6.79 Å². The Labute approximate surface area is 56.5 Å². The molecule has 0 aromatic heterocycles. The minimum Gasteiger partial charge on any atom is -0.481 e. The second kappa shape index (κ2) is 2.66. The molecule has 1 heterocycles. The summed E-state index contributed by atoms with van der Waals surface area (Å²) < 4.78 is 8.97. The fourth-order valence-corrected chi connectivity index (χ4v) is 0.636. The van der Waals surface area contributed by atoms with E-state index in [4.69, 9.17) is 5.11 Å². The number of carboxylic acids is 1. The molecular weight excluding hydrogens is 140 g/mol. The van der Waals surface area contributed by atoms with Crippen LogP contribution in [-0.2, 0) is 19.1 Å². The maximum atomic E-state index is 10.5. The van der Waals surface area contributed by atoms with E-state index >= 15 is 0 Å². The lowest BCUT2D eigenvalue weighted by Gasteiger charge is -1.97. The molecule has 1 aliphatic heterocycles. The van der Waals surface area contributed by atoms with E-state index in [1.807, 2.05) is 0 Å². The molecular formula is C5H6O5. The van der Waals surface area contributed by atoms with Crippen molar-refractivity contribution in [3.8, 4) is 0 Å². The van der Waals surface area contributed by atoms with Crippen molar-refractivity contribution in [1.29, 1.82) is 0 Å². The number of rotatable bonds is 2. The van der Waals surface area contributed by atoms with Gasteiger partial charge in [-0.15, -0.1) is 0 Å². The first-order valence-corrected chi connectivity index (χ1v) is 2.70. The molecule has 0 radical (unpaired) electrons. The second-order valence-corrected chi connectivity index (χ2v) is 1.83. The molecule has 1 fully saturated rings. The summed E-state index contributed by atoms with van der Waals surface area (Å²) in [6, 6.07) is 0. The third-order valence-corrected chi connectivity index (χ3v) is 1.09. The minimum atomic E-state index is -1.07. The van der Waals surface area contributed by atoms with Gasteiger partial charge in [0, 0.05) is 0 Å². The van der Waals surface area contributed by atoms with E-state index in [2.05, 4.69) is 9.47 Å². The van der Waals surface area contributed by atoms with Crippen LogP contribution >= 0.6 is 0 Å². The highest BCUT2D eigenvalue weighted by atomic mass is 16.7. The first-order valence-electron chi connectivity index (χ1n) is 2.70. The smallest absolute Gasteiger partial charge is 0.338 e. The third-order valence-electron chi connectivity index (χ3n) is 1.09. The molecule has 56 valence electrons. The van der Waals surface area contributed by atoms with Crippen molar-refractivity contribution in [2.24, 2.45) is 0 Å². The average molecular weight is 146 g/mol. The molecule has 0 aliphatic carbocycles. The van der Waals surface area contributed by atoms with Crippen LogP contribution in [0.4, 0.5) is 0 Å². The van der Waals surface area contributed by atoms with Crippen LogP contribution in [0.2, 0.25) is 0 Å². The van der Waals surface area contributed by atoms with Crippen LogP contribution in [0.3, 0.4) is 0 Å². The Balaban J connectivity index is 2.40. The van der Waals surface area contributed by atoms with Crippen molar-refractivity contribution in [3.05, 3.63) is 0 Å². The predicted octanol–water partition coefficient (Wildman–Crippen LogP) is -0.639. The van der Waals surface area contributed by atoms with Crippen LogP contribution in [-0.4, -0.2) is 29.9 Å². The van der Waals surface area contributed by atoms with Crippen LogP contribution in [0.5, 0.6) is 0 Å². The quantitative estimate of drug-likeness (QED) is 0.524. The number of esters is 1. The molecule has 0 bridgehead atoms. The summed E-state index contributed by atoms with van der Waals surface area (Å²) in [6.07, 6.45) is -1.23. The Morgan fingerprint density at radius 3 is 2.90 bits per heavy atom. The number of cyclic esters (lactones) is 1. The Hall–Kier alpha value is -1.10. The molecule has 5 nitrogen and oxygen atoms in total. The van der Waals surface area contributed by atoms with Gasteiger partial charge >= 0.3 is 11.9 Å². The fraction of sp³-hybridized carbons (Fsp3) is 0.600. The van der Waals surface area contributed by atoms with Gasteiger partial charge in [-0.1, -0.05) is 0 Å². The highest BCUT2D eigenvalue weighted by Gasteiger charge is 2.29. The maximum Gasteiger partial charge on any atom is 0.338 e. The number of carbonyl (C=O) groups is 2. The summed E-state index contributed by atoms with van der Waals surface area (Å²) in [7, 11) is 0. The first kappa shape index (κ1) is 7.01. The molecule has 1 unspecified atom stereocenters.